The second kappa shape index (κ2) is 5.29. The van der Waals surface area contributed by atoms with E-state index in [-0.39, 0.29) is 11.8 Å². The van der Waals surface area contributed by atoms with Gasteiger partial charge in [0.25, 0.3) is 11.8 Å². The van der Waals surface area contributed by atoms with Gasteiger partial charge in [-0.15, -0.1) is 0 Å². The van der Waals surface area contributed by atoms with Crippen LogP contribution in [0, 0.1) is 0 Å². The number of benzene rings is 1. The van der Waals surface area contributed by atoms with E-state index in [0.717, 1.165) is 4.90 Å². The van der Waals surface area contributed by atoms with Gasteiger partial charge >= 0.3 is 0 Å². The molecule has 2 aromatic heterocycles. The van der Waals surface area contributed by atoms with Gasteiger partial charge in [0.05, 0.1) is 39.9 Å². The van der Waals surface area contributed by atoms with Gasteiger partial charge < -0.3 is 9.30 Å². The average Bonchev–Trinajstić information content (AvgIpc) is 3.03. The molecular weight excluding hydrogens is 344 g/mol. The number of rotatable bonds is 2. The Bertz CT molecular complexity index is 1070. The van der Waals surface area contributed by atoms with Gasteiger partial charge in [-0.05, 0) is 18.2 Å². The first-order chi connectivity index (χ1) is 11.9. The van der Waals surface area contributed by atoms with Crippen LogP contribution in [0.2, 0.25) is 5.02 Å². The van der Waals surface area contributed by atoms with Gasteiger partial charge in [0.2, 0.25) is 5.88 Å². The zero-order valence-electron chi connectivity index (χ0n) is 13.7. The summed E-state index contributed by atoms with van der Waals surface area (Å²) in [7, 11) is 4.78. The van der Waals surface area contributed by atoms with Gasteiger partial charge in [-0.3, -0.25) is 14.5 Å². The third kappa shape index (κ3) is 2.05. The monoisotopic (exact) mass is 356 g/mol. The highest BCUT2D eigenvalue weighted by atomic mass is 35.5. The summed E-state index contributed by atoms with van der Waals surface area (Å²) in [4.78, 5) is 34.3. The van der Waals surface area contributed by atoms with E-state index in [9.17, 15) is 9.59 Å². The van der Waals surface area contributed by atoms with Crippen molar-refractivity contribution in [2.45, 2.75) is 0 Å². The van der Waals surface area contributed by atoms with Crippen LogP contribution in [-0.2, 0) is 7.05 Å². The lowest BCUT2D eigenvalue weighted by atomic mass is 10.1. The molecule has 0 saturated heterocycles. The van der Waals surface area contributed by atoms with E-state index < -0.39 is 0 Å². The largest absolute Gasteiger partial charge is 0.480 e. The molecule has 4 rings (SSSR count). The molecule has 0 fully saturated rings. The lowest BCUT2D eigenvalue weighted by molar-refractivity contribution is 0.0693. The minimum absolute atomic E-state index is 0.318. The SMILES string of the molecule is COc1nccc(Cl)c1-c1nc2cc3c(cc2n1C)C(=O)N(C)C3=O. The van der Waals surface area contributed by atoms with Gasteiger partial charge in [-0.2, -0.15) is 0 Å². The van der Waals surface area contributed by atoms with E-state index in [1.165, 1.54) is 14.2 Å². The number of ether oxygens (including phenoxy) is 1. The van der Waals surface area contributed by atoms with Crippen LogP contribution in [0.3, 0.4) is 0 Å². The highest BCUT2D eigenvalue weighted by molar-refractivity contribution is 6.33. The number of carbonyl (C=O) groups is 2. The van der Waals surface area contributed by atoms with E-state index in [2.05, 4.69) is 9.97 Å². The summed E-state index contributed by atoms with van der Waals surface area (Å²) >= 11 is 6.32. The molecule has 2 amide bonds. The quantitative estimate of drug-likeness (QED) is 0.659. The number of hydrogen-bond donors (Lipinski definition) is 0. The Morgan fingerprint density at radius 3 is 2.48 bits per heavy atom. The third-order valence-corrected chi connectivity index (χ3v) is 4.69. The molecule has 0 atom stereocenters. The van der Waals surface area contributed by atoms with Gasteiger partial charge in [0, 0.05) is 20.3 Å². The van der Waals surface area contributed by atoms with Crippen LogP contribution in [0.1, 0.15) is 20.7 Å². The van der Waals surface area contributed by atoms with Crippen molar-refractivity contribution in [1.29, 1.82) is 0 Å². The van der Waals surface area contributed by atoms with E-state index >= 15 is 0 Å². The van der Waals surface area contributed by atoms with E-state index in [0.29, 0.717) is 44.5 Å². The number of amides is 2. The smallest absolute Gasteiger partial charge is 0.261 e. The second-order valence-electron chi connectivity index (χ2n) is 5.73. The summed E-state index contributed by atoms with van der Waals surface area (Å²) < 4.78 is 7.10. The Morgan fingerprint density at radius 1 is 1.12 bits per heavy atom. The minimum Gasteiger partial charge on any atom is -0.480 e. The van der Waals surface area contributed by atoms with Crippen molar-refractivity contribution in [1.82, 2.24) is 19.4 Å². The second-order valence-corrected chi connectivity index (χ2v) is 6.13. The highest BCUT2D eigenvalue weighted by Gasteiger charge is 2.34. The fourth-order valence-corrected chi connectivity index (χ4v) is 3.27. The van der Waals surface area contributed by atoms with Crippen molar-refractivity contribution >= 4 is 34.4 Å². The van der Waals surface area contributed by atoms with Crippen LogP contribution in [-0.4, -0.2) is 45.4 Å². The first-order valence-corrected chi connectivity index (χ1v) is 7.83. The molecule has 1 aliphatic heterocycles. The molecule has 25 heavy (non-hydrogen) atoms. The lowest BCUT2D eigenvalue weighted by Gasteiger charge is -2.09. The highest BCUT2D eigenvalue weighted by Crippen LogP contribution is 2.36. The molecule has 1 aliphatic rings. The number of aromatic nitrogens is 3. The topological polar surface area (TPSA) is 77.3 Å². The van der Waals surface area contributed by atoms with Crippen LogP contribution < -0.4 is 4.74 Å². The van der Waals surface area contributed by atoms with Crippen molar-refractivity contribution < 1.29 is 14.3 Å². The van der Waals surface area contributed by atoms with Crippen LogP contribution in [0.5, 0.6) is 5.88 Å². The van der Waals surface area contributed by atoms with Crippen molar-refractivity contribution in [3.05, 3.63) is 40.5 Å². The number of carbonyl (C=O) groups excluding carboxylic acids is 2. The molecule has 0 N–H and O–H groups in total. The number of fused-ring (bicyclic) bond motifs is 2. The molecule has 7 nitrogen and oxygen atoms in total. The van der Waals surface area contributed by atoms with E-state index in [1.807, 2.05) is 7.05 Å². The molecule has 0 unspecified atom stereocenters. The Hall–Kier alpha value is -2.93. The van der Waals surface area contributed by atoms with Crippen molar-refractivity contribution in [2.24, 2.45) is 7.05 Å². The van der Waals surface area contributed by atoms with Crippen molar-refractivity contribution in [3.8, 4) is 17.3 Å². The van der Waals surface area contributed by atoms with Crippen molar-refractivity contribution in [2.75, 3.05) is 14.2 Å². The molecule has 1 aromatic carbocycles. The number of aryl methyl sites for hydroxylation is 1. The average molecular weight is 357 g/mol. The lowest BCUT2D eigenvalue weighted by Crippen LogP contribution is -2.24. The predicted octanol–water partition coefficient (Wildman–Crippen LogP) is 2.52. The number of imide groups is 1. The van der Waals surface area contributed by atoms with E-state index in [1.54, 1.807) is 29.0 Å². The molecule has 3 aromatic rings. The number of hydrogen-bond acceptors (Lipinski definition) is 5. The maximum atomic E-state index is 12.2. The Labute approximate surface area is 147 Å². The van der Waals surface area contributed by atoms with Gasteiger partial charge in [0.15, 0.2) is 0 Å². The fraction of sp³-hybridized carbons (Fsp3) is 0.176. The van der Waals surface area contributed by atoms with E-state index in [4.69, 9.17) is 16.3 Å². The summed E-state index contributed by atoms with van der Waals surface area (Å²) in [6.45, 7) is 0. The zero-order chi connectivity index (χ0) is 17.9. The maximum absolute atomic E-state index is 12.2. The molecule has 0 radical (unpaired) electrons. The summed E-state index contributed by atoms with van der Waals surface area (Å²) in [5.74, 6) is 0.250. The number of pyridine rings is 1. The maximum Gasteiger partial charge on any atom is 0.261 e. The van der Waals surface area contributed by atoms with Crippen LogP contribution in [0.25, 0.3) is 22.4 Å². The zero-order valence-corrected chi connectivity index (χ0v) is 14.5. The fourth-order valence-electron chi connectivity index (χ4n) is 3.05. The van der Waals surface area contributed by atoms with Crippen LogP contribution in [0.4, 0.5) is 0 Å². The first-order valence-electron chi connectivity index (χ1n) is 7.45. The predicted molar refractivity (Wildman–Crippen MR) is 91.9 cm³/mol. The van der Waals surface area contributed by atoms with Crippen LogP contribution >= 0.6 is 11.6 Å². The van der Waals surface area contributed by atoms with Gasteiger partial charge in [0.1, 0.15) is 5.82 Å². The summed E-state index contributed by atoms with van der Waals surface area (Å²) in [6.07, 6.45) is 1.55. The number of imidazole rings is 1. The Morgan fingerprint density at radius 2 is 1.80 bits per heavy atom. The summed E-state index contributed by atoms with van der Waals surface area (Å²) in [5, 5.41) is 0.449. The molecule has 126 valence electrons. The number of nitrogens with zero attached hydrogens (tertiary/aromatic N) is 4. The molecule has 0 aliphatic carbocycles. The normalized spacial score (nSPS) is 13.7. The van der Waals surface area contributed by atoms with Crippen LogP contribution in [0.15, 0.2) is 24.4 Å². The summed E-state index contributed by atoms with van der Waals surface area (Å²) in [6, 6.07) is 4.97. The third-order valence-electron chi connectivity index (χ3n) is 4.37. The molecule has 0 spiro atoms. The number of methoxy groups -OCH3 is 1. The summed E-state index contributed by atoms with van der Waals surface area (Å²) in [5.41, 5.74) is 2.59. The molecule has 3 heterocycles. The number of halogens is 1. The van der Waals surface area contributed by atoms with Crippen molar-refractivity contribution in [3.63, 3.8) is 0 Å². The molecule has 8 heteroatoms. The molecule has 0 bridgehead atoms. The Kier molecular flexibility index (Phi) is 3.30. The Balaban J connectivity index is 2.00. The molecule has 0 saturated carbocycles. The van der Waals surface area contributed by atoms with Gasteiger partial charge in [-0.25, -0.2) is 9.97 Å². The molecular formula is C17H13ClN4O3. The standard InChI is InChI=1S/C17H13ClN4O3/c1-21-12-7-9-8(16(23)22(2)17(9)24)6-11(12)20-14(21)13-10(18)4-5-19-15(13)25-3/h4-7H,1-3H3. The van der Waals surface area contributed by atoms with Gasteiger partial charge in [-0.1, -0.05) is 11.6 Å². The minimum atomic E-state index is -0.328. The first kappa shape index (κ1) is 15.6.